The van der Waals surface area contributed by atoms with Gasteiger partial charge in [-0.05, 0) is 24.5 Å². The zero-order valence-electron chi connectivity index (χ0n) is 11.5. The lowest BCUT2D eigenvalue weighted by atomic mass is 9.98. The van der Waals surface area contributed by atoms with Crippen LogP contribution < -0.4 is 5.32 Å². The van der Waals surface area contributed by atoms with Crippen molar-refractivity contribution in [1.29, 1.82) is 5.26 Å². The summed E-state index contributed by atoms with van der Waals surface area (Å²) in [6, 6.07) is 5.15. The van der Waals surface area contributed by atoms with Crippen LogP contribution in [0.2, 0.25) is 0 Å². The molecular weight excluding hydrogens is 266 g/mol. The zero-order chi connectivity index (χ0) is 14.7. The van der Waals surface area contributed by atoms with E-state index in [9.17, 15) is 4.79 Å². The molecule has 2 aromatic heterocycles. The standard InChI is InChI=1S/C15H15N5O/c16-8-12-1-2-13(18-10-12)15(21)19-9-11-3-5-20-6-4-17-14(20)7-11/h1-2,4,6,10-11H,3,5,7,9H2,(H,19,21)/t11-/m0/s1. The Balaban J connectivity index is 1.55. The molecule has 6 heteroatoms. The Bertz CT molecular complexity index is 683. The molecule has 1 atom stereocenters. The van der Waals surface area contributed by atoms with Crippen LogP contribution in [0.5, 0.6) is 0 Å². The molecule has 0 radical (unpaired) electrons. The number of hydrogen-bond acceptors (Lipinski definition) is 4. The largest absolute Gasteiger partial charge is 0.350 e. The molecule has 1 N–H and O–H groups in total. The fourth-order valence-electron chi connectivity index (χ4n) is 2.51. The van der Waals surface area contributed by atoms with Gasteiger partial charge in [-0.2, -0.15) is 5.26 Å². The van der Waals surface area contributed by atoms with Crippen molar-refractivity contribution in [3.05, 3.63) is 47.8 Å². The maximum absolute atomic E-state index is 12.0. The summed E-state index contributed by atoms with van der Waals surface area (Å²) in [6.45, 7) is 1.57. The molecule has 0 fully saturated rings. The van der Waals surface area contributed by atoms with Gasteiger partial charge in [0.2, 0.25) is 0 Å². The van der Waals surface area contributed by atoms with E-state index in [4.69, 9.17) is 5.26 Å². The van der Waals surface area contributed by atoms with E-state index >= 15 is 0 Å². The van der Waals surface area contributed by atoms with Crippen LogP contribution in [-0.2, 0) is 13.0 Å². The summed E-state index contributed by atoms with van der Waals surface area (Å²) in [5.74, 6) is 1.28. The number of rotatable bonds is 3. The number of imidazole rings is 1. The third-order valence-corrected chi connectivity index (χ3v) is 3.73. The third kappa shape index (κ3) is 2.92. The molecule has 0 unspecified atom stereocenters. The average Bonchev–Trinajstić information content (AvgIpc) is 3.00. The second-order valence-corrected chi connectivity index (χ2v) is 5.15. The number of nitrogens with one attached hydrogen (secondary N) is 1. The Morgan fingerprint density at radius 1 is 1.48 bits per heavy atom. The van der Waals surface area contributed by atoms with E-state index < -0.39 is 0 Å². The van der Waals surface area contributed by atoms with Gasteiger partial charge in [-0.1, -0.05) is 0 Å². The summed E-state index contributed by atoms with van der Waals surface area (Å²) >= 11 is 0. The van der Waals surface area contributed by atoms with Gasteiger partial charge in [-0.3, -0.25) is 4.79 Å². The van der Waals surface area contributed by atoms with Crippen molar-refractivity contribution in [2.75, 3.05) is 6.54 Å². The minimum Gasteiger partial charge on any atom is -0.350 e. The summed E-state index contributed by atoms with van der Waals surface area (Å²) in [7, 11) is 0. The van der Waals surface area contributed by atoms with Crippen molar-refractivity contribution in [3.8, 4) is 6.07 Å². The zero-order valence-corrected chi connectivity index (χ0v) is 11.5. The molecule has 0 aromatic carbocycles. The Labute approximate surface area is 122 Å². The predicted molar refractivity (Wildman–Crippen MR) is 75.3 cm³/mol. The fraction of sp³-hybridized carbons (Fsp3) is 0.333. The Morgan fingerprint density at radius 3 is 3.14 bits per heavy atom. The van der Waals surface area contributed by atoms with Crippen molar-refractivity contribution in [2.24, 2.45) is 5.92 Å². The van der Waals surface area contributed by atoms with Crippen molar-refractivity contribution < 1.29 is 4.79 Å². The maximum Gasteiger partial charge on any atom is 0.269 e. The number of fused-ring (bicyclic) bond motifs is 1. The molecule has 21 heavy (non-hydrogen) atoms. The van der Waals surface area contributed by atoms with Crippen molar-refractivity contribution >= 4 is 5.91 Å². The molecule has 106 valence electrons. The Morgan fingerprint density at radius 2 is 2.38 bits per heavy atom. The van der Waals surface area contributed by atoms with Crippen LogP contribution in [0, 0.1) is 17.2 Å². The van der Waals surface area contributed by atoms with Crippen molar-refractivity contribution in [3.63, 3.8) is 0 Å². The quantitative estimate of drug-likeness (QED) is 0.914. The van der Waals surface area contributed by atoms with Crippen molar-refractivity contribution in [2.45, 2.75) is 19.4 Å². The van der Waals surface area contributed by atoms with E-state index in [1.54, 1.807) is 12.1 Å². The lowest BCUT2D eigenvalue weighted by molar-refractivity contribution is 0.0939. The first-order chi connectivity index (χ1) is 10.3. The predicted octanol–water partition coefficient (Wildman–Crippen LogP) is 1.14. The molecule has 0 saturated carbocycles. The van der Waals surface area contributed by atoms with Gasteiger partial charge >= 0.3 is 0 Å². The molecule has 0 bridgehead atoms. The maximum atomic E-state index is 12.0. The third-order valence-electron chi connectivity index (χ3n) is 3.73. The molecule has 1 aliphatic rings. The number of nitrogens with zero attached hydrogens (tertiary/aromatic N) is 4. The van der Waals surface area contributed by atoms with Gasteiger partial charge in [-0.15, -0.1) is 0 Å². The summed E-state index contributed by atoms with van der Waals surface area (Å²) < 4.78 is 2.15. The molecule has 0 aliphatic carbocycles. The van der Waals surface area contributed by atoms with E-state index in [1.165, 1.54) is 6.20 Å². The van der Waals surface area contributed by atoms with E-state index in [-0.39, 0.29) is 5.91 Å². The number of pyridine rings is 1. The summed E-state index contributed by atoms with van der Waals surface area (Å²) in [4.78, 5) is 20.3. The molecule has 3 heterocycles. The second-order valence-electron chi connectivity index (χ2n) is 5.15. The number of hydrogen-bond donors (Lipinski definition) is 1. The van der Waals surface area contributed by atoms with Crippen LogP contribution in [0.15, 0.2) is 30.7 Å². The number of nitriles is 1. The van der Waals surface area contributed by atoms with Crippen LogP contribution in [0.1, 0.15) is 28.3 Å². The highest BCUT2D eigenvalue weighted by Crippen LogP contribution is 2.18. The molecule has 1 amide bonds. The normalized spacial score (nSPS) is 16.8. The van der Waals surface area contributed by atoms with Gasteiger partial charge < -0.3 is 9.88 Å². The molecule has 0 spiro atoms. The lowest BCUT2D eigenvalue weighted by Crippen LogP contribution is -2.33. The van der Waals surface area contributed by atoms with Gasteiger partial charge in [0.1, 0.15) is 17.6 Å². The van der Waals surface area contributed by atoms with E-state index in [0.717, 1.165) is 25.2 Å². The highest BCUT2D eigenvalue weighted by Gasteiger charge is 2.20. The van der Waals surface area contributed by atoms with Crippen LogP contribution in [0.4, 0.5) is 0 Å². The average molecular weight is 281 g/mol. The minimum absolute atomic E-state index is 0.201. The first-order valence-corrected chi connectivity index (χ1v) is 6.90. The summed E-state index contributed by atoms with van der Waals surface area (Å²) in [5, 5.41) is 11.6. The van der Waals surface area contributed by atoms with Gasteiger partial charge in [0.15, 0.2) is 0 Å². The number of aromatic nitrogens is 3. The van der Waals surface area contributed by atoms with Gasteiger partial charge in [0.05, 0.1) is 5.56 Å². The highest BCUT2D eigenvalue weighted by atomic mass is 16.1. The molecule has 0 saturated heterocycles. The van der Waals surface area contributed by atoms with Crippen molar-refractivity contribution in [1.82, 2.24) is 19.9 Å². The van der Waals surface area contributed by atoms with E-state index in [0.29, 0.717) is 23.7 Å². The van der Waals surface area contributed by atoms with Crippen LogP contribution in [0.25, 0.3) is 0 Å². The molecule has 1 aliphatic heterocycles. The van der Waals surface area contributed by atoms with Crippen LogP contribution in [-0.4, -0.2) is 27.0 Å². The van der Waals surface area contributed by atoms with Gasteiger partial charge in [0, 0.05) is 38.1 Å². The number of aryl methyl sites for hydroxylation is 1. The topological polar surface area (TPSA) is 83.6 Å². The highest BCUT2D eigenvalue weighted by molar-refractivity contribution is 5.92. The Kier molecular flexibility index (Phi) is 3.65. The Hall–Kier alpha value is -2.68. The summed E-state index contributed by atoms with van der Waals surface area (Å²) in [5.41, 5.74) is 0.789. The first kappa shape index (κ1) is 13.3. The second kappa shape index (κ2) is 5.75. The van der Waals surface area contributed by atoms with Crippen LogP contribution in [0.3, 0.4) is 0 Å². The summed E-state index contributed by atoms with van der Waals surface area (Å²) in [6.07, 6.45) is 7.13. The molecule has 6 nitrogen and oxygen atoms in total. The molecule has 3 rings (SSSR count). The lowest BCUT2D eigenvalue weighted by Gasteiger charge is -2.23. The number of amides is 1. The smallest absolute Gasteiger partial charge is 0.269 e. The molecular formula is C15H15N5O. The number of carbonyl (C=O) groups excluding carboxylic acids is 1. The van der Waals surface area contributed by atoms with Crippen LogP contribution >= 0.6 is 0 Å². The number of carbonyl (C=O) groups is 1. The van der Waals surface area contributed by atoms with Gasteiger partial charge in [0.25, 0.3) is 5.91 Å². The van der Waals surface area contributed by atoms with E-state index in [1.807, 2.05) is 18.5 Å². The monoisotopic (exact) mass is 281 g/mol. The molecule has 2 aromatic rings. The minimum atomic E-state index is -0.201. The van der Waals surface area contributed by atoms with E-state index in [2.05, 4.69) is 19.9 Å². The van der Waals surface area contributed by atoms with Gasteiger partial charge in [-0.25, -0.2) is 9.97 Å². The first-order valence-electron chi connectivity index (χ1n) is 6.90. The SMILES string of the molecule is N#Cc1ccc(C(=O)NC[C@H]2CCn3ccnc3C2)nc1. The fourth-order valence-corrected chi connectivity index (χ4v) is 2.51.